The lowest BCUT2D eigenvalue weighted by molar-refractivity contribution is 0.0706. The van der Waals surface area contributed by atoms with Crippen molar-refractivity contribution in [3.05, 3.63) is 65.9 Å². The quantitative estimate of drug-likeness (QED) is 0.231. The summed E-state index contributed by atoms with van der Waals surface area (Å²) >= 11 is 1.11. The highest BCUT2D eigenvalue weighted by atomic mass is 32.2. The van der Waals surface area contributed by atoms with Crippen molar-refractivity contribution < 1.29 is 23.4 Å². The molecule has 0 saturated heterocycles. The number of furan rings is 1. The maximum absolute atomic E-state index is 12.2. The van der Waals surface area contributed by atoms with Gasteiger partial charge in [-0.15, -0.1) is 0 Å². The average Bonchev–Trinajstić information content (AvgIpc) is 3.16. The standard InChI is InChI=1S/C19H19N3O5S/c1-22(28-27-15-8-6-13(7-9-15)18(23)21-25)11-10-20-19(24)17-12-14-4-2-3-5-16(14)26-17/h2-9,12,25H,10-11H2,1H3,(H,20,24)(H,21,23). The highest BCUT2D eigenvalue weighted by Gasteiger charge is 2.12. The van der Waals surface area contributed by atoms with Crippen LogP contribution in [0.4, 0.5) is 0 Å². The molecule has 146 valence electrons. The molecule has 0 spiro atoms. The second-order valence-corrected chi connectivity index (χ2v) is 6.82. The van der Waals surface area contributed by atoms with E-state index in [0.29, 0.717) is 30.0 Å². The molecule has 3 N–H and O–H groups in total. The van der Waals surface area contributed by atoms with E-state index in [2.05, 4.69) is 5.32 Å². The summed E-state index contributed by atoms with van der Waals surface area (Å²) in [6.45, 7) is 0.958. The molecule has 0 radical (unpaired) electrons. The molecule has 2 amide bonds. The summed E-state index contributed by atoms with van der Waals surface area (Å²) in [5.74, 6) is -0.0257. The Bertz CT molecular complexity index is 925. The van der Waals surface area contributed by atoms with E-state index in [0.717, 1.165) is 17.6 Å². The van der Waals surface area contributed by atoms with Crippen LogP contribution in [-0.4, -0.2) is 41.5 Å². The Balaban J connectivity index is 1.41. The Morgan fingerprint density at radius 1 is 1.14 bits per heavy atom. The summed E-state index contributed by atoms with van der Waals surface area (Å²) in [6.07, 6.45) is 0. The molecule has 0 aliphatic rings. The van der Waals surface area contributed by atoms with Crippen molar-refractivity contribution in [2.24, 2.45) is 0 Å². The zero-order chi connectivity index (χ0) is 19.9. The van der Waals surface area contributed by atoms with Crippen molar-refractivity contribution in [2.45, 2.75) is 0 Å². The topological polar surface area (TPSA) is 104 Å². The van der Waals surface area contributed by atoms with Gasteiger partial charge in [0.25, 0.3) is 11.8 Å². The number of nitrogens with zero attached hydrogens (tertiary/aromatic N) is 1. The zero-order valence-electron chi connectivity index (χ0n) is 15.0. The lowest BCUT2D eigenvalue weighted by atomic mass is 10.2. The van der Waals surface area contributed by atoms with Gasteiger partial charge in [-0.05, 0) is 36.4 Å². The molecule has 0 aliphatic heterocycles. The Hall–Kier alpha value is -3.01. The highest BCUT2D eigenvalue weighted by Crippen LogP contribution is 2.20. The van der Waals surface area contributed by atoms with Crippen LogP contribution in [0.3, 0.4) is 0 Å². The van der Waals surface area contributed by atoms with Crippen molar-refractivity contribution in [3.8, 4) is 5.75 Å². The second kappa shape index (κ2) is 9.27. The number of nitrogens with one attached hydrogen (secondary N) is 2. The van der Waals surface area contributed by atoms with E-state index < -0.39 is 5.91 Å². The largest absolute Gasteiger partial charge is 0.451 e. The molecule has 0 aliphatic carbocycles. The van der Waals surface area contributed by atoms with Crippen molar-refractivity contribution in [1.82, 2.24) is 15.1 Å². The molecule has 1 aromatic heterocycles. The third kappa shape index (κ3) is 5.03. The third-order valence-electron chi connectivity index (χ3n) is 3.84. The van der Waals surface area contributed by atoms with Crippen LogP contribution in [0.15, 0.2) is 59.0 Å². The van der Waals surface area contributed by atoms with Gasteiger partial charge < -0.3 is 13.9 Å². The summed E-state index contributed by atoms with van der Waals surface area (Å²) in [6, 6.07) is 15.5. The van der Waals surface area contributed by atoms with Crippen LogP contribution in [-0.2, 0) is 0 Å². The van der Waals surface area contributed by atoms with E-state index in [9.17, 15) is 9.59 Å². The maximum Gasteiger partial charge on any atom is 0.287 e. The molecule has 8 nitrogen and oxygen atoms in total. The van der Waals surface area contributed by atoms with Gasteiger partial charge in [0.05, 0.1) is 0 Å². The first-order chi connectivity index (χ1) is 13.6. The number of para-hydroxylation sites is 1. The van der Waals surface area contributed by atoms with Gasteiger partial charge in [0.2, 0.25) is 0 Å². The summed E-state index contributed by atoms with van der Waals surface area (Å²) in [4.78, 5) is 23.4. The van der Waals surface area contributed by atoms with Crippen LogP contribution in [0.1, 0.15) is 20.9 Å². The van der Waals surface area contributed by atoms with Crippen LogP contribution in [0.2, 0.25) is 0 Å². The number of carbonyl (C=O) groups is 2. The molecular weight excluding hydrogens is 382 g/mol. The fraction of sp³-hybridized carbons (Fsp3) is 0.158. The van der Waals surface area contributed by atoms with E-state index in [1.165, 1.54) is 12.1 Å². The van der Waals surface area contributed by atoms with E-state index >= 15 is 0 Å². The zero-order valence-corrected chi connectivity index (χ0v) is 15.9. The average molecular weight is 401 g/mol. The SMILES string of the molecule is CN(CCNC(=O)c1cc2ccccc2o1)SOc1ccc(C(=O)NO)cc1. The Morgan fingerprint density at radius 2 is 1.89 bits per heavy atom. The van der Waals surface area contributed by atoms with Gasteiger partial charge >= 0.3 is 0 Å². The van der Waals surface area contributed by atoms with Gasteiger partial charge in [0.15, 0.2) is 5.76 Å². The molecule has 0 unspecified atom stereocenters. The van der Waals surface area contributed by atoms with Crippen LogP contribution in [0.5, 0.6) is 5.75 Å². The minimum Gasteiger partial charge on any atom is -0.451 e. The van der Waals surface area contributed by atoms with E-state index in [4.69, 9.17) is 13.8 Å². The second-order valence-electron chi connectivity index (χ2n) is 5.88. The number of hydroxylamine groups is 1. The molecule has 0 saturated carbocycles. The fourth-order valence-corrected chi connectivity index (χ4v) is 2.87. The highest BCUT2D eigenvalue weighted by molar-refractivity contribution is 7.92. The Kier molecular flexibility index (Phi) is 6.53. The summed E-state index contributed by atoms with van der Waals surface area (Å²) in [5.41, 5.74) is 2.57. The van der Waals surface area contributed by atoms with Crippen molar-refractivity contribution in [3.63, 3.8) is 0 Å². The smallest absolute Gasteiger partial charge is 0.287 e. The molecular formula is C19H19N3O5S. The number of rotatable bonds is 8. The first-order valence-electron chi connectivity index (χ1n) is 8.44. The molecule has 9 heteroatoms. The lowest BCUT2D eigenvalue weighted by Crippen LogP contribution is -2.30. The van der Waals surface area contributed by atoms with Crippen molar-refractivity contribution in [2.75, 3.05) is 20.1 Å². The van der Waals surface area contributed by atoms with Crippen LogP contribution >= 0.6 is 12.2 Å². The number of hydrogen-bond acceptors (Lipinski definition) is 7. The molecule has 3 aromatic rings. The number of amides is 2. The monoisotopic (exact) mass is 401 g/mol. The Morgan fingerprint density at radius 3 is 2.61 bits per heavy atom. The maximum atomic E-state index is 12.2. The molecule has 0 atom stereocenters. The van der Waals surface area contributed by atoms with Crippen LogP contribution in [0.25, 0.3) is 11.0 Å². The van der Waals surface area contributed by atoms with E-state index in [1.54, 1.807) is 23.7 Å². The van der Waals surface area contributed by atoms with Gasteiger partial charge in [-0.2, -0.15) is 0 Å². The molecule has 0 bridgehead atoms. The van der Waals surface area contributed by atoms with Gasteiger partial charge in [0, 0.05) is 31.1 Å². The van der Waals surface area contributed by atoms with E-state index in [1.807, 2.05) is 35.6 Å². The van der Waals surface area contributed by atoms with Crippen molar-refractivity contribution in [1.29, 1.82) is 0 Å². The minimum absolute atomic E-state index is 0.270. The molecule has 3 rings (SSSR count). The minimum atomic E-state index is -0.587. The first-order valence-corrected chi connectivity index (χ1v) is 9.14. The van der Waals surface area contributed by atoms with Gasteiger partial charge in [-0.1, -0.05) is 18.2 Å². The van der Waals surface area contributed by atoms with Crippen LogP contribution < -0.4 is 15.0 Å². The number of hydrogen-bond donors (Lipinski definition) is 3. The fourth-order valence-electron chi connectivity index (χ4n) is 2.38. The summed E-state index contributed by atoms with van der Waals surface area (Å²) in [5, 5.41) is 12.3. The summed E-state index contributed by atoms with van der Waals surface area (Å²) in [7, 11) is 1.82. The number of benzene rings is 2. The predicted molar refractivity (Wildman–Crippen MR) is 105 cm³/mol. The van der Waals surface area contributed by atoms with Crippen molar-refractivity contribution >= 4 is 35.0 Å². The van der Waals surface area contributed by atoms with E-state index in [-0.39, 0.29) is 11.7 Å². The predicted octanol–water partition coefficient (Wildman–Crippen LogP) is 2.86. The van der Waals surface area contributed by atoms with Gasteiger partial charge in [-0.3, -0.25) is 14.8 Å². The third-order valence-corrected chi connectivity index (χ3v) is 4.54. The van der Waals surface area contributed by atoms with Gasteiger partial charge in [0.1, 0.15) is 23.6 Å². The van der Waals surface area contributed by atoms with Crippen LogP contribution in [0, 0.1) is 0 Å². The molecule has 28 heavy (non-hydrogen) atoms. The lowest BCUT2D eigenvalue weighted by Gasteiger charge is -2.15. The first kappa shape index (κ1) is 19.7. The number of fused-ring (bicyclic) bond motifs is 1. The molecule has 2 aromatic carbocycles. The van der Waals surface area contributed by atoms with Gasteiger partial charge in [-0.25, -0.2) is 9.79 Å². The molecule has 0 fully saturated rings. The number of carbonyl (C=O) groups excluding carboxylic acids is 2. The number of likely N-dealkylation sites (N-methyl/N-ethyl adjacent to an activating group) is 1. The normalized spacial score (nSPS) is 10.8. The Labute approximate surface area is 165 Å². The summed E-state index contributed by atoms with van der Waals surface area (Å²) < 4.78 is 12.9. The molecule has 1 heterocycles.